The van der Waals surface area contributed by atoms with Crippen molar-refractivity contribution in [3.05, 3.63) is 17.5 Å². The molecule has 7 nitrogen and oxygen atoms in total. The highest BCUT2D eigenvalue weighted by Gasteiger charge is 2.30. The number of hydrogen-bond donors (Lipinski definition) is 1. The summed E-state index contributed by atoms with van der Waals surface area (Å²) >= 11 is 0. The molecule has 1 amide bonds. The Labute approximate surface area is 142 Å². The molecule has 3 aliphatic heterocycles. The maximum atomic E-state index is 12.7. The molecule has 2 saturated heterocycles. The van der Waals surface area contributed by atoms with Crippen molar-refractivity contribution in [2.45, 2.75) is 32.5 Å². The molecule has 0 aromatic carbocycles. The van der Waals surface area contributed by atoms with Gasteiger partial charge in [-0.2, -0.15) is 5.10 Å². The molecular formula is C17H27N5O2. The lowest BCUT2D eigenvalue weighted by Crippen LogP contribution is -2.48. The van der Waals surface area contributed by atoms with Gasteiger partial charge in [-0.05, 0) is 25.5 Å². The number of fused-ring (bicyclic) bond motifs is 1. The molecule has 2 fully saturated rings. The maximum Gasteiger partial charge on any atom is 0.227 e. The molecule has 132 valence electrons. The van der Waals surface area contributed by atoms with Crippen LogP contribution in [0.4, 0.5) is 0 Å². The van der Waals surface area contributed by atoms with E-state index in [1.54, 1.807) is 0 Å². The van der Waals surface area contributed by atoms with Crippen molar-refractivity contribution >= 4 is 5.91 Å². The van der Waals surface area contributed by atoms with Crippen molar-refractivity contribution in [1.82, 2.24) is 24.9 Å². The molecule has 4 rings (SSSR count). The molecule has 0 aliphatic carbocycles. The summed E-state index contributed by atoms with van der Waals surface area (Å²) in [6.45, 7) is 8.47. The van der Waals surface area contributed by atoms with Gasteiger partial charge in [-0.1, -0.05) is 0 Å². The topological polar surface area (TPSA) is 62.6 Å². The van der Waals surface area contributed by atoms with E-state index in [0.717, 1.165) is 70.9 Å². The molecule has 24 heavy (non-hydrogen) atoms. The van der Waals surface area contributed by atoms with Gasteiger partial charge < -0.3 is 15.0 Å². The summed E-state index contributed by atoms with van der Waals surface area (Å²) in [5.41, 5.74) is 2.40. The van der Waals surface area contributed by atoms with Gasteiger partial charge in [-0.15, -0.1) is 0 Å². The van der Waals surface area contributed by atoms with Gasteiger partial charge >= 0.3 is 0 Å². The number of aromatic nitrogens is 2. The van der Waals surface area contributed by atoms with Crippen LogP contribution in [0.15, 0.2) is 6.07 Å². The molecule has 4 heterocycles. The Morgan fingerprint density at radius 1 is 1.29 bits per heavy atom. The monoisotopic (exact) mass is 333 g/mol. The summed E-state index contributed by atoms with van der Waals surface area (Å²) in [7, 11) is 0. The Morgan fingerprint density at radius 2 is 2.17 bits per heavy atom. The highest BCUT2D eigenvalue weighted by Crippen LogP contribution is 2.21. The number of nitrogens with one attached hydrogen (secondary N) is 1. The second kappa shape index (κ2) is 7.21. The Bertz CT molecular complexity index is 558. The molecule has 7 heteroatoms. The maximum absolute atomic E-state index is 12.7. The number of morpholine rings is 1. The lowest BCUT2D eigenvalue weighted by Gasteiger charge is -2.35. The van der Waals surface area contributed by atoms with Crippen LogP contribution in [0.5, 0.6) is 0 Å². The molecule has 3 aliphatic rings. The van der Waals surface area contributed by atoms with E-state index in [0.29, 0.717) is 19.1 Å². The summed E-state index contributed by atoms with van der Waals surface area (Å²) in [6, 6.07) is 2.21. The third-order valence-corrected chi connectivity index (χ3v) is 5.28. The Morgan fingerprint density at radius 3 is 3.00 bits per heavy atom. The number of carbonyl (C=O) groups excluding carboxylic acids is 1. The third-order valence-electron chi connectivity index (χ3n) is 5.28. The van der Waals surface area contributed by atoms with Crippen LogP contribution in [-0.4, -0.2) is 71.4 Å². The number of piperidine rings is 1. The number of ether oxygens (including phenoxy) is 1. The van der Waals surface area contributed by atoms with Crippen molar-refractivity contribution in [2.75, 3.05) is 45.9 Å². The van der Waals surface area contributed by atoms with Crippen LogP contribution in [-0.2, 0) is 29.2 Å². The third kappa shape index (κ3) is 3.48. The van der Waals surface area contributed by atoms with Crippen molar-refractivity contribution < 1.29 is 9.53 Å². The van der Waals surface area contributed by atoms with Crippen molar-refractivity contribution in [3.8, 4) is 0 Å². The SMILES string of the molecule is O=C([C@H]1CCCN(Cc2cc3n(n2)CCNC3)C1)N1CCOCC1. The molecule has 0 saturated carbocycles. The molecule has 0 bridgehead atoms. The molecule has 1 aromatic rings. The molecule has 0 radical (unpaired) electrons. The predicted octanol–water partition coefficient (Wildman–Crippen LogP) is 0.0571. The zero-order chi connectivity index (χ0) is 16.4. The van der Waals surface area contributed by atoms with Crippen LogP contribution in [0.3, 0.4) is 0 Å². The van der Waals surface area contributed by atoms with E-state index in [4.69, 9.17) is 9.84 Å². The highest BCUT2D eigenvalue weighted by atomic mass is 16.5. The quantitative estimate of drug-likeness (QED) is 0.847. The Hall–Kier alpha value is -1.44. The second-order valence-electron chi connectivity index (χ2n) is 7.04. The van der Waals surface area contributed by atoms with Gasteiger partial charge in [0.05, 0.1) is 37.1 Å². The lowest BCUT2D eigenvalue weighted by atomic mass is 9.96. The van der Waals surface area contributed by atoms with Crippen molar-refractivity contribution in [3.63, 3.8) is 0 Å². The number of nitrogens with zero attached hydrogens (tertiary/aromatic N) is 4. The Balaban J connectivity index is 1.36. The summed E-state index contributed by atoms with van der Waals surface area (Å²) in [5.74, 6) is 0.451. The van der Waals surface area contributed by atoms with Gasteiger partial charge in [-0.25, -0.2) is 0 Å². The summed E-state index contributed by atoms with van der Waals surface area (Å²) in [6.07, 6.45) is 2.10. The van der Waals surface area contributed by atoms with E-state index in [1.807, 2.05) is 4.90 Å². The molecule has 0 spiro atoms. The van der Waals surface area contributed by atoms with Gasteiger partial charge in [-0.3, -0.25) is 14.4 Å². The Kier molecular flexibility index (Phi) is 4.82. The summed E-state index contributed by atoms with van der Waals surface area (Å²) < 4.78 is 7.47. The average molecular weight is 333 g/mol. The first-order valence-electron chi connectivity index (χ1n) is 9.15. The standard InChI is InChI=1S/C17H27N5O2/c23-17(21-6-8-24-9-7-21)14-2-1-4-20(12-14)13-15-10-16-11-18-3-5-22(16)19-15/h10,14,18H,1-9,11-13H2/t14-/m0/s1. The molecule has 1 aromatic heterocycles. The van der Waals surface area contributed by atoms with Gasteiger partial charge in [0.1, 0.15) is 0 Å². The summed E-state index contributed by atoms with van der Waals surface area (Å²) in [4.78, 5) is 17.1. The van der Waals surface area contributed by atoms with Gasteiger partial charge in [0.15, 0.2) is 0 Å². The minimum absolute atomic E-state index is 0.135. The van der Waals surface area contributed by atoms with Gasteiger partial charge in [0, 0.05) is 39.3 Å². The fraction of sp³-hybridized carbons (Fsp3) is 0.765. The zero-order valence-corrected chi connectivity index (χ0v) is 14.2. The van der Waals surface area contributed by atoms with Crippen LogP contribution in [0.1, 0.15) is 24.2 Å². The van der Waals surface area contributed by atoms with Gasteiger partial charge in [0.2, 0.25) is 5.91 Å². The van der Waals surface area contributed by atoms with Crippen LogP contribution in [0.25, 0.3) is 0 Å². The van der Waals surface area contributed by atoms with Crippen LogP contribution < -0.4 is 5.32 Å². The molecule has 1 atom stereocenters. The summed E-state index contributed by atoms with van der Waals surface area (Å²) in [5, 5.41) is 8.11. The van der Waals surface area contributed by atoms with E-state index in [1.165, 1.54) is 5.69 Å². The molecular weight excluding hydrogens is 306 g/mol. The van der Waals surface area contributed by atoms with E-state index in [9.17, 15) is 4.79 Å². The molecule has 1 N–H and O–H groups in total. The number of likely N-dealkylation sites (tertiary alicyclic amines) is 1. The normalized spacial score (nSPS) is 25.5. The first-order valence-corrected chi connectivity index (χ1v) is 9.15. The lowest BCUT2D eigenvalue weighted by molar-refractivity contribution is -0.141. The second-order valence-corrected chi connectivity index (χ2v) is 7.04. The van der Waals surface area contributed by atoms with Crippen molar-refractivity contribution in [1.29, 1.82) is 0 Å². The minimum atomic E-state index is 0.135. The largest absolute Gasteiger partial charge is 0.378 e. The van der Waals surface area contributed by atoms with E-state index < -0.39 is 0 Å². The van der Waals surface area contributed by atoms with E-state index in [2.05, 4.69) is 21.0 Å². The number of carbonyl (C=O) groups is 1. The number of amides is 1. The van der Waals surface area contributed by atoms with Crippen LogP contribution in [0.2, 0.25) is 0 Å². The van der Waals surface area contributed by atoms with Crippen molar-refractivity contribution in [2.24, 2.45) is 5.92 Å². The fourth-order valence-corrected chi connectivity index (χ4v) is 4.00. The van der Waals surface area contributed by atoms with Crippen LogP contribution in [0, 0.1) is 5.92 Å². The number of hydrogen-bond acceptors (Lipinski definition) is 5. The first kappa shape index (κ1) is 16.1. The molecule has 0 unspecified atom stereocenters. The van der Waals surface area contributed by atoms with Crippen LogP contribution >= 0.6 is 0 Å². The van der Waals surface area contributed by atoms with E-state index in [-0.39, 0.29) is 5.92 Å². The van der Waals surface area contributed by atoms with E-state index >= 15 is 0 Å². The predicted molar refractivity (Wildman–Crippen MR) is 89.3 cm³/mol. The average Bonchev–Trinajstić information content (AvgIpc) is 3.04. The smallest absolute Gasteiger partial charge is 0.227 e. The van der Waals surface area contributed by atoms with Gasteiger partial charge in [0.25, 0.3) is 0 Å². The highest BCUT2D eigenvalue weighted by molar-refractivity contribution is 5.79. The number of rotatable bonds is 3. The zero-order valence-electron chi connectivity index (χ0n) is 14.2. The minimum Gasteiger partial charge on any atom is -0.378 e. The first-order chi connectivity index (χ1) is 11.8. The fourth-order valence-electron chi connectivity index (χ4n) is 4.00.